The van der Waals surface area contributed by atoms with Gasteiger partial charge in [-0.15, -0.1) is 0 Å². The van der Waals surface area contributed by atoms with Crippen molar-refractivity contribution in [2.45, 2.75) is 38.3 Å². The van der Waals surface area contributed by atoms with E-state index in [1.54, 1.807) is 0 Å². The average molecular weight is 191 g/mol. The molecule has 0 saturated heterocycles. The van der Waals surface area contributed by atoms with Crippen LogP contribution in [0.1, 0.15) is 37.8 Å². The number of nitrogens with two attached hydrogens (primary N) is 1. The van der Waals surface area contributed by atoms with Crippen LogP contribution >= 0.6 is 0 Å². The molecular weight excluding hydrogens is 174 g/mol. The van der Waals surface area contributed by atoms with Crippen LogP contribution in [0.15, 0.2) is 24.3 Å². The number of hydrogen-bond donors (Lipinski definition) is 1. The number of para-hydroxylation sites is 1. The number of benzene rings is 1. The van der Waals surface area contributed by atoms with Crippen LogP contribution in [-0.2, 0) is 0 Å². The van der Waals surface area contributed by atoms with Gasteiger partial charge in [-0.25, -0.2) is 0 Å². The lowest BCUT2D eigenvalue weighted by molar-refractivity contribution is 0.118. The second-order valence-electron chi connectivity index (χ2n) is 4.00. The molecular formula is C12H17NO. The molecule has 1 aliphatic rings. The number of ether oxygens (including phenoxy) is 1. The van der Waals surface area contributed by atoms with E-state index in [-0.39, 0.29) is 6.04 Å². The zero-order valence-electron chi connectivity index (χ0n) is 8.57. The van der Waals surface area contributed by atoms with Gasteiger partial charge in [0.2, 0.25) is 0 Å². The Morgan fingerprint density at radius 1 is 1.36 bits per heavy atom. The predicted octanol–water partition coefficient (Wildman–Crippen LogP) is 2.64. The van der Waals surface area contributed by atoms with Crippen molar-refractivity contribution >= 4 is 0 Å². The molecule has 1 fully saturated rings. The Labute approximate surface area is 85.1 Å². The highest BCUT2D eigenvalue weighted by Gasteiger charge is 2.20. The first-order valence-corrected chi connectivity index (χ1v) is 5.28. The zero-order valence-corrected chi connectivity index (χ0v) is 8.57. The third-order valence-corrected chi connectivity index (χ3v) is 2.76. The minimum Gasteiger partial charge on any atom is -0.490 e. The van der Waals surface area contributed by atoms with Gasteiger partial charge in [0, 0.05) is 11.6 Å². The first kappa shape index (κ1) is 9.53. The van der Waals surface area contributed by atoms with Crippen LogP contribution in [0.4, 0.5) is 0 Å². The molecule has 0 bridgehead atoms. The van der Waals surface area contributed by atoms with Crippen molar-refractivity contribution in [3.63, 3.8) is 0 Å². The summed E-state index contributed by atoms with van der Waals surface area (Å²) in [5, 5.41) is 0. The normalized spacial score (nSPS) is 18.7. The molecule has 0 aliphatic heterocycles. The molecule has 14 heavy (non-hydrogen) atoms. The molecule has 0 spiro atoms. The molecule has 76 valence electrons. The van der Waals surface area contributed by atoms with Crippen LogP contribution < -0.4 is 10.5 Å². The van der Waals surface area contributed by atoms with Crippen molar-refractivity contribution < 1.29 is 4.74 Å². The highest BCUT2D eigenvalue weighted by atomic mass is 16.5. The van der Waals surface area contributed by atoms with Gasteiger partial charge in [0.1, 0.15) is 5.75 Å². The first-order chi connectivity index (χ1) is 6.77. The maximum atomic E-state index is 5.87. The van der Waals surface area contributed by atoms with Gasteiger partial charge in [0.25, 0.3) is 0 Å². The van der Waals surface area contributed by atoms with Gasteiger partial charge in [-0.1, -0.05) is 18.2 Å². The Morgan fingerprint density at radius 3 is 2.64 bits per heavy atom. The Bertz CT molecular complexity index is 305. The Balaban J connectivity index is 2.13. The fraction of sp³-hybridized carbons (Fsp3) is 0.500. The summed E-state index contributed by atoms with van der Waals surface area (Å²) in [6.07, 6.45) is 4.10. The Kier molecular flexibility index (Phi) is 2.73. The number of rotatable bonds is 3. The highest BCUT2D eigenvalue weighted by molar-refractivity contribution is 5.35. The van der Waals surface area contributed by atoms with E-state index in [2.05, 4.69) is 0 Å². The smallest absolute Gasteiger partial charge is 0.124 e. The highest BCUT2D eigenvalue weighted by Crippen LogP contribution is 2.29. The van der Waals surface area contributed by atoms with Crippen LogP contribution in [0, 0.1) is 0 Å². The van der Waals surface area contributed by atoms with E-state index in [1.165, 1.54) is 19.3 Å². The fourth-order valence-electron chi connectivity index (χ4n) is 1.63. The van der Waals surface area contributed by atoms with E-state index < -0.39 is 0 Å². The quantitative estimate of drug-likeness (QED) is 0.797. The van der Waals surface area contributed by atoms with Crippen molar-refractivity contribution in [1.82, 2.24) is 0 Å². The second kappa shape index (κ2) is 4.01. The van der Waals surface area contributed by atoms with E-state index >= 15 is 0 Å². The predicted molar refractivity (Wildman–Crippen MR) is 57.3 cm³/mol. The maximum absolute atomic E-state index is 5.87. The van der Waals surface area contributed by atoms with Gasteiger partial charge in [0.15, 0.2) is 0 Å². The topological polar surface area (TPSA) is 35.2 Å². The van der Waals surface area contributed by atoms with Gasteiger partial charge in [-0.3, -0.25) is 0 Å². The van der Waals surface area contributed by atoms with E-state index in [4.69, 9.17) is 10.5 Å². The molecule has 0 aromatic heterocycles. The van der Waals surface area contributed by atoms with Crippen molar-refractivity contribution in [2.75, 3.05) is 0 Å². The molecule has 0 amide bonds. The summed E-state index contributed by atoms with van der Waals surface area (Å²) in [7, 11) is 0. The molecule has 0 heterocycles. The third-order valence-electron chi connectivity index (χ3n) is 2.76. The van der Waals surface area contributed by atoms with Crippen molar-refractivity contribution in [3.05, 3.63) is 29.8 Å². The molecule has 1 saturated carbocycles. The lowest BCUT2D eigenvalue weighted by Crippen LogP contribution is -2.25. The summed E-state index contributed by atoms with van der Waals surface area (Å²) in [5.41, 5.74) is 6.98. The van der Waals surface area contributed by atoms with Gasteiger partial charge < -0.3 is 10.5 Å². The average Bonchev–Trinajstić information content (AvgIpc) is 2.12. The first-order valence-electron chi connectivity index (χ1n) is 5.28. The van der Waals surface area contributed by atoms with Crippen LogP contribution in [0.3, 0.4) is 0 Å². The summed E-state index contributed by atoms with van der Waals surface area (Å²) in [4.78, 5) is 0. The van der Waals surface area contributed by atoms with E-state index in [9.17, 15) is 0 Å². The monoisotopic (exact) mass is 191 g/mol. The summed E-state index contributed by atoms with van der Waals surface area (Å²) < 4.78 is 5.86. The van der Waals surface area contributed by atoms with Gasteiger partial charge in [0.05, 0.1) is 6.10 Å². The van der Waals surface area contributed by atoms with Crippen LogP contribution in [0.5, 0.6) is 5.75 Å². The van der Waals surface area contributed by atoms with Crippen LogP contribution in [-0.4, -0.2) is 6.10 Å². The maximum Gasteiger partial charge on any atom is 0.124 e. The molecule has 1 aromatic carbocycles. The van der Waals surface area contributed by atoms with Crippen molar-refractivity contribution in [1.29, 1.82) is 0 Å². The largest absolute Gasteiger partial charge is 0.490 e. The fourth-order valence-corrected chi connectivity index (χ4v) is 1.63. The zero-order chi connectivity index (χ0) is 9.97. The standard InChI is InChI=1S/C12H17NO/c1-9(13)11-7-2-3-8-12(11)14-10-5-4-6-10/h2-3,7-10H,4-6,13H2,1H3. The summed E-state index contributed by atoms with van der Waals surface area (Å²) in [6.45, 7) is 1.99. The SMILES string of the molecule is CC(N)c1ccccc1OC1CCC1. The summed E-state index contributed by atoms with van der Waals surface area (Å²) in [5.74, 6) is 0.965. The van der Waals surface area contributed by atoms with E-state index in [0.29, 0.717) is 6.10 Å². The van der Waals surface area contributed by atoms with Crippen molar-refractivity contribution in [2.24, 2.45) is 5.73 Å². The second-order valence-corrected chi connectivity index (χ2v) is 4.00. The summed E-state index contributed by atoms with van der Waals surface area (Å²) in [6, 6.07) is 8.10. The van der Waals surface area contributed by atoms with Gasteiger partial charge in [-0.05, 0) is 32.3 Å². The molecule has 2 N–H and O–H groups in total. The third kappa shape index (κ3) is 1.90. The van der Waals surface area contributed by atoms with E-state index in [1.807, 2.05) is 31.2 Å². The lowest BCUT2D eigenvalue weighted by Gasteiger charge is -2.28. The van der Waals surface area contributed by atoms with Crippen LogP contribution in [0.2, 0.25) is 0 Å². The summed E-state index contributed by atoms with van der Waals surface area (Å²) >= 11 is 0. The molecule has 2 heteroatoms. The van der Waals surface area contributed by atoms with Crippen LogP contribution in [0.25, 0.3) is 0 Å². The minimum absolute atomic E-state index is 0.0475. The molecule has 1 unspecified atom stereocenters. The van der Waals surface area contributed by atoms with Gasteiger partial charge in [-0.2, -0.15) is 0 Å². The molecule has 1 atom stereocenters. The molecule has 2 nitrogen and oxygen atoms in total. The Hall–Kier alpha value is -1.02. The minimum atomic E-state index is 0.0475. The van der Waals surface area contributed by atoms with Crippen molar-refractivity contribution in [3.8, 4) is 5.75 Å². The molecule has 1 aliphatic carbocycles. The van der Waals surface area contributed by atoms with Gasteiger partial charge >= 0.3 is 0 Å². The molecule has 2 rings (SSSR count). The number of hydrogen-bond acceptors (Lipinski definition) is 2. The van der Waals surface area contributed by atoms with E-state index in [0.717, 1.165) is 11.3 Å². The molecule has 0 radical (unpaired) electrons. The molecule has 1 aromatic rings. The lowest BCUT2D eigenvalue weighted by atomic mass is 9.96. The Morgan fingerprint density at radius 2 is 2.07 bits per heavy atom.